The Kier molecular flexibility index (Phi) is 4.28. The third-order valence-corrected chi connectivity index (χ3v) is 5.76. The predicted octanol–water partition coefficient (Wildman–Crippen LogP) is 1.92. The van der Waals surface area contributed by atoms with Gasteiger partial charge in [0.15, 0.2) is 0 Å². The quantitative estimate of drug-likeness (QED) is 0.922. The van der Waals surface area contributed by atoms with E-state index in [-0.39, 0.29) is 6.04 Å². The van der Waals surface area contributed by atoms with Crippen LogP contribution in [-0.2, 0) is 10.0 Å². The Bertz CT molecular complexity index is 524. The van der Waals surface area contributed by atoms with Gasteiger partial charge in [-0.05, 0) is 31.9 Å². The van der Waals surface area contributed by atoms with E-state index in [9.17, 15) is 13.5 Å². The molecule has 1 fully saturated rings. The number of likely N-dealkylation sites (N-methyl/N-ethyl adjacent to an activating group) is 1. The molecule has 5 heteroatoms. The maximum Gasteiger partial charge on any atom is 0.243 e. The van der Waals surface area contributed by atoms with Crippen molar-refractivity contribution >= 4 is 10.0 Å². The van der Waals surface area contributed by atoms with E-state index in [1.807, 2.05) is 6.92 Å². The molecule has 2 rings (SSSR count). The summed E-state index contributed by atoms with van der Waals surface area (Å²) < 4.78 is 26.3. The average molecular weight is 283 g/mol. The van der Waals surface area contributed by atoms with Gasteiger partial charge in [-0.15, -0.1) is 0 Å². The molecule has 4 nitrogen and oxygen atoms in total. The number of aryl methyl sites for hydroxylation is 1. The zero-order valence-corrected chi connectivity index (χ0v) is 12.2. The lowest BCUT2D eigenvalue weighted by atomic mass is 9.93. The Morgan fingerprint density at radius 3 is 2.32 bits per heavy atom. The highest BCUT2D eigenvalue weighted by Crippen LogP contribution is 2.26. The summed E-state index contributed by atoms with van der Waals surface area (Å²) in [4.78, 5) is 0.290. The van der Waals surface area contributed by atoms with Crippen LogP contribution >= 0.6 is 0 Å². The van der Waals surface area contributed by atoms with Gasteiger partial charge in [0.2, 0.25) is 10.0 Å². The van der Waals surface area contributed by atoms with Gasteiger partial charge in [-0.1, -0.05) is 30.5 Å². The molecule has 1 aromatic carbocycles. The summed E-state index contributed by atoms with van der Waals surface area (Å²) in [5, 5.41) is 9.99. The van der Waals surface area contributed by atoms with Gasteiger partial charge in [0.05, 0.1) is 17.0 Å². The molecule has 1 saturated carbocycles. The van der Waals surface area contributed by atoms with Crippen LogP contribution in [0, 0.1) is 6.92 Å². The minimum atomic E-state index is -3.51. The highest BCUT2D eigenvalue weighted by molar-refractivity contribution is 7.89. The Morgan fingerprint density at radius 1 is 1.16 bits per heavy atom. The molecular weight excluding hydrogens is 262 g/mol. The first-order chi connectivity index (χ1) is 8.93. The lowest BCUT2D eigenvalue weighted by Gasteiger charge is -2.34. The van der Waals surface area contributed by atoms with Crippen molar-refractivity contribution in [1.29, 1.82) is 0 Å². The fourth-order valence-corrected chi connectivity index (χ4v) is 3.99. The summed E-state index contributed by atoms with van der Waals surface area (Å²) in [7, 11) is -1.95. The van der Waals surface area contributed by atoms with Crippen LogP contribution in [0.2, 0.25) is 0 Å². The smallest absolute Gasteiger partial charge is 0.243 e. The van der Waals surface area contributed by atoms with Gasteiger partial charge in [-0.2, -0.15) is 4.31 Å². The number of benzene rings is 1. The van der Waals surface area contributed by atoms with Crippen molar-refractivity contribution in [2.24, 2.45) is 0 Å². The van der Waals surface area contributed by atoms with Crippen LogP contribution in [0.1, 0.15) is 31.2 Å². The van der Waals surface area contributed by atoms with Crippen LogP contribution < -0.4 is 0 Å². The van der Waals surface area contributed by atoms with E-state index < -0.39 is 16.1 Å². The fraction of sp³-hybridized carbons (Fsp3) is 0.571. The topological polar surface area (TPSA) is 57.6 Å². The van der Waals surface area contributed by atoms with Crippen LogP contribution in [0.5, 0.6) is 0 Å². The molecule has 0 spiro atoms. The van der Waals surface area contributed by atoms with Crippen LogP contribution in [0.4, 0.5) is 0 Å². The minimum absolute atomic E-state index is 0.290. The van der Waals surface area contributed by atoms with E-state index in [1.54, 1.807) is 31.3 Å². The fourth-order valence-electron chi connectivity index (χ4n) is 2.57. The van der Waals surface area contributed by atoms with Crippen molar-refractivity contribution < 1.29 is 13.5 Å². The Morgan fingerprint density at radius 2 is 1.74 bits per heavy atom. The van der Waals surface area contributed by atoms with Crippen molar-refractivity contribution in [2.75, 3.05) is 7.05 Å². The number of hydrogen-bond donors (Lipinski definition) is 1. The molecule has 2 atom stereocenters. The lowest BCUT2D eigenvalue weighted by Crippen LogP contribution is -2.46. The molecule has 1 aromatic rings. The number of aliphatic hydroxyl groups excluding tert-OH is 1. The molecule has 106 valence electrons. The second-order valence-corrected chi connectivity index (χ2v) is 7.25. The molecule has 1 aliphatic rings. The van der Waals surface area contributed by atoms with Crippen molar-refractivity contribution in [3.8, 4) is 0 Å². The standard InChI is InChI=1S/C14H21NO3S/c1-11-7-9-12(10-8-11)19(17,18)15(2)13-5-3-4-6-14(13)16/h7-10,13-14,16H,3-6H2,1-2H3/t13-,14+/m0/s1. The molecule has 0 aromatic heterocycles. The van der Waals surface area contributed by atoms with Crippen molar-refractivity contribution in [1.82, 2.24) is 4.31 Å². The van der Waals surface area contributed by atoms with Gasteiger partial charge in [0.1, 0.15) is 0 Å². The van der Waals surface area contributed by atoms with E-state index in [4.69, 9.17) is 0 Å². The molecule has 0 unspecified atom stereocenters. The average Bonchev–Trinajstić information content (AvgIpc) is 2.39. The number of nitrogens with zero attached hydrogens (tertiary/aromatic N) is 1. The summed E-state index contributed by atoms with van der Waals surface area (Å²) in [6.07, 6.45) is 2.78. The van der Waals surface area contributed by atoms with Gasteiger partial charge in [0.25, 0.3) is 0 Å². The SMILES string of the molecule is Cc1ccc(S(=O)(=O)N(C)[C@H]2CCCC[C@H]2O)cc1. The van der Waals surface area contributed by atoms with Crippen molar-refractivity contribution in [3.63, 3.8) is 0 Å². The highest BCUT2D eigenvalue weighted by Gasteiger charge is 2.34. The van der Waals surface area contributed by atoms with Crippen molar-refractivity contribution in [2.45, 2.75) is 49.6 Å². The number of rotatable bonds is 3. The van der Waals surface area contributed by atoms with Gasteiger partial charge in [-0.3, -0.25) is 0 Å². The lowest BCUT2D eigenvalue weighted by molar-refractivity contribution is 0.0638. The Labute approximate surface area is 115 Å². The molecule has 0 aliphatic heterocycles. The van der Waals surface area contributed by atoms with Crippen LogP contribution in [0.3, 0.4) is 0 Å². The third-order valence-electron chi connectivity index (χ3n) is 3.86. The number of hydrogen-bond acceptors (Lipinski definition) is 3. The van der Waals surface area contributed by atoms with Crippen molar-refractivity contribution in [3.05, 3.63) is 29.8 Å². The normalized spacial score (nSPS) is 24.6. The summed E-state index contributed by atoms with van der Waals surface area (Å²) in [6, 6.07) is 6.52. The first-order valence-electron chi connectivity index (χ1n) is 6.65. The summed E-state index contributed by atoms with van der Waals surface area (Å²) in [5.74, 6) is 0. The van der Waals surface area contributed by atoms with Gasteiger partial charge >= 0.3 is 0 Å². The van der Waals surface area contributed by atoms with Crippen LogP contribution in [0.15, 0.2) is 29.2 Å². The van der Waals surface area contributed by atoms with E-state index >= 15 is 0 Å². The number of aliphatic hydroxyl groups is 1. The largest absolute Gasteiger partial charge is 0.391 e. The van der Waals surface area contributed by atoms with E-state index in [1.165, 1.54) is 4.31 Å². The molecular formula is C14H21NO3S. The number of sulfonamides is 1. The molecule has 0 bridgehead atoms. The van der Waals surface area contributed by atoms with Crippen LogP contribution in [-0.4, -0.2) is 37.0 Å². The maximum absolute atomic E-state index is 12.5. The third kappa shape index (κ3) is 2.99. The van der Waals surface area contributed by atoms with E-state index in [0.717, 1.165) is 24.8 Å². The first-order valence-corrected chi connectivity index (χ1v) is 8.09. The Hall–Kier alpha value is -0.910. The zero-order valence-electron chi connectivity index (χ0n) is 11.4. The highest BCUT2D eigenvalue weighted by atomic mass is 32.2. The van der Waals surface area contributed by atoms with Crippen LogP contribution in [0.25, 0.3) is 0 Å². The van der Waals surface area contributed by atoms with E-state index in [2.05, 4.69) is 0 Å². The molecule has 0 heterocycles. The summed E-state index contributed by atoms with van der Waals surface area (Å²) in [5.41, 5.74) is 1.03. The second kappa shape index (κ2) is 5.61. The monoisotopic (exact) mass is 283 g/mol. The minimum Gasteiger partial charge on any atom is -0.391 e. The summed E-state index contributed by atoms with van der Waals surface area (Å²) >= 11 is 0. The van der Waals surface area contributed by atoms with Gasteiger partial charge in [-0.25, -0.2) is 8.42 Å². The van der Waals surface area contributed by atoms with E-state index in [0.29, 0.717) is 11.3 Å². The maximum atomic E-state index is 12.5. The van der Waals surface area contributed by atoms with Gasteiger partial charge in [0, 0.05) is 7.05 Å². The van der Waals surface area contributed by atoms with Gasteiger partial charge < -0.3 is 5.11 Å². The predicted molar refractivity (Wildman–Crippen MR) is 74.4 cm³/mol. The molecule has 1 N–H and O–H groups in total. The zero-order chi connectivity index (χ0) is 14.0. The molecule has 0 radical (unpaired) electrons. The molecule has 0 saturated heterocycles. The molecule has 1 aliphatic carbocycles. The second-order valence-electron chi connectivity index (χ2n) is 5.25. The molecule has 19 heavy (non-hydrogen) atoms. The Balaban J connectivity index is 2.25. The summed E-state index contributed by atoms with van der Waals surface area (Å²) in [6.45, 7) is 1.92. The molecule has 0 amide bonds. The first kappa shape index (κ1) is 14.5.